The van der Waals surface area contributed by atoms with E-state index in [0.29, 0.717) is 0 Å². The summed E-state index contributed by atoms with van der Waals surface area (Å²) in [4.78, 5) is 8.85. The number of aliphatic imine (C=N–C) groups is 2. The van der Waals surface area contributed by atoms with Crippen LogP contribution in [-0.2, 0) is 0 Å². The molecule has 2 nitrogen and oxygen atoms in total. The molecule has 0 aliphatic heterocycles. The Morgan fingerprint density at radius 1 is 0.846 bits per heavy atom. The van der Waals surface area contributed by atoms with E-state index in [1.807, 2.05) is 26.3 Å². The lowest BCUT2D eigenvalue weighted by molar-refractivity contribution is 0.358. The minimum absolute atomic E-state index is 0.00917. The summed E-state index contributed by atoms with van der Waals surface area (Å²) in [6.45, 7) is 12.5. The van der Waals surface area contributed by atoms with E-state index in [1.54, 1.807) is 0 Å². The lowest BCUT2D eigenvalue weighted by Gasteiger charge is -2.29. The van der Waals surface area contributed by atoms with Gasteiger partial charge in [-0.1, -0.05) is 0 Å². The van der Waals surface area contributed by atoms with Crippen molar-refractivity contribution in [3.05, 3.63) is 0 Å². The second-order valence-corrected chi connectivity index (χ2v) is 4.58. The molecule has 0 aromatic heterocycles. The predicted molar refractivity (Wildman–Crippen MR) is 61.1 cm³/mol. The molecule has 0 amide bonds. The predicted octanol–water partition coefficient (Wildman–Crippen LogP) is 3.12. The summed E-state index contributed by atoms with van der Waals surface area (Å²) in [6.07, 6.45) is 4.70. The zero-order valence-corrected chi connectivity index (χ0v) is 9.76. The van der Waals surface area contributed by atoms with Gasteiger partial charge in [0.2, 0.25) is 0 Å². The van der Waals surface area contributed by atoms with Gasteiger partial charge in [-0.15, -0.1) is 0 Å². The zero-order chi connectivity index (χ0) is 10.5. The molecule has 0 aliphatic carbocycles. The number of hydrogen-bond donors (Lipinski definition) is 0. The van der Waals surface area contributed by atoms with E-state index >= 15 is 0 Å². The maximum Gasteiger partial charge on any atom is 0.0570 e. The molecule has 2 heteroatoms. The molecular formula is C11H22N2. The van der Waals surface area contributed by atoms with E-state index in [-0.39, 0.29) is 11.1 Å². The van der Waals surface area contributed by atoms with E-state index in [1.165, 1.54) is 0 Å². The van der Waals surface area contributed by atoms with Gasteiger partial charge in [0.05, 0.1) is 11.1 Å². The molecular weight excluding hydrogens is 160 g/mol. The Hall–Kier alpha value is -0.660. The van der Waals surface area contributed by atoms with Gasteiger partial charge >= 0.3 is 0 Å². The van der Waals surface area contributed by atoms with Gasteiger partial charge in [-0.25, -0.2) is 0 Å². The summed E-state index contributed by atoms with van der Waals surface area (Å²) < 4.78 is 0. The van der Waals surface area contributed by atoms with E-state index in [9.17, 15) is 0 Å². The van der Waals surface area contributed by atoms with Crippen molar-refractivity contribution >= 4 is 12.4 Å². The van der Waals surface area contributed by atoms with Gasteiger partial charge in [0.1, 0.15) is 0 Å². The van der Waals surface area contributed by atoms with Crippen molar-refractivity contribution in [3.8, 4) is 0 Å². The Kier molecular flexibility index (Phi) is 4.31. The normalized spacial score (nSPS) is 14.6. The molecule has 0 unspecified atom stereocenters. The van der Waals surface area contributed by atoms with Crippen molar-refractivity contribution in [2.45, 2.75) is 59.0 Å². The lowest BCUT2D eigenvalue weighted by Crippen LogP contribution is -2.30. The SMILES string of the molecule is CC=NC(C)(C)CC(C)(C)N=CC. The van der Waals surface area contributed by atoms with Crippen LogP contribution in [0, 0.1) is 0 Å². The fourth-order valence-corrected chi connectivity index (χ4v) is 1.85. The van der Waals surface area contributed by atoms with Gasteiger partial charge in [-0.3, -0.25) is 9.98 Å². The van der Waals surface area contributed by atoms with Crippen molar-refractivity contribution in [2.24, 2.45) is 9.98 Å². The summed E-state index contributed by atoms with van der Waals surface area (Å²) in [5.74, 6) is 0. The molecule has 0 fully saturated rings. The molecule has 0 radical (unpaired) electrons. The van der Waals surface area contributed by atoms with Crippen LogP contribution < -0.4 is 0 Å². The van der Waals surface area contributed by atoms with Gasteiger partial charge in [0.25, 0.3) is 0 Å². The highest BCUT2D eigenvalue weighted by Crippen LogP contribution is 2.25. The van der Waals surface area contributed by atoms with Crippen LogP contribution in [0.1, 0.15) is 48.0 Å². The average Bonchev–Trinajstić information content (AvgIpc) is 1.82. The first-order chi connectivity index (χ1) is 5.83. The van der Waals surface area contributed by atoms with Crippen LogP contribution in [0.2, 0.25) is 0 Å². The Morgan fingerprint density at radius 3 is 1.38 bits per heavy atom. The minimum Gasteiger partial charge on any atom is -0.292 e. The summed E-state index contributed by atoms with van der Waals surface area (Å²) in [7, 11) is 0. The molecule has 0 atom stereocenters. The molecule has 0 aromatic rings. The highest BCUT2D eigenvalue weighted by atomic mass is 14.9. The molecule has 0 aromatic carbocycles. The van der Waals surface area contributed by atoms with E-state index in [0.717, 1.165) is 6.42 Å². The van der Waals surface area contributed by atoms with Crippen LogP contribution in [0.4, 0.5) is 0 Å². The molecule has 0 saturated heterocycles. The van der Waals surface area contributed by atoms with Gasteiger partial charge < -0.3 is 0 Å². The van der Waals surface area contributed by atoms with Crippen LogP contribution in [0.25, 0.3) is 0 Å². The van der Waals surface area contributed by atoms with Crippen LogP contribution in [0.3, 0.4) is 0 Å². The molecule has 0 heterocycles. The minimum atomic E-state index is -0.00917. The molecule has 0 saturated carbocycles. The van der Waals surface area contributed by atoms with Crippen molar-refractivity contribution < 1.29 is 0 Å². The molecule has 0 aliphatic rings. The fourth-order valence-electron chi connectivity index (χ4n) is 1.85. The first-order valence-electron chi connectivity index (χ1n) is 4.83. The second kappa shape index (κ2) is 4.54. The van der Waals surface area contributed by atoms with E-state index < -0.39 is 0 Å². The summed E-state index contributed by atoms with van der Waals surface area (Å²) in [5.41, 5.74) is -0.0183. The Labute approximate surface area is 82.2 Å². The molecule has 0 N–H and O–H groups in total. The Bertz CT molecular complexity index is 178. The largest absolute Gasteiger partial charge is 0.292 e. The van der Waals surface area contributed by atoms with Crippen molar-refractivity contribution in [2.75, 3.05) is 0 Å². The Morgan fingerprint density at radius 2 is 1.15 bits per heavy atom. The number of hydrogen-bond acceptors (Lipinski definition) is 2. The lowest BCUT2D eigenvalue weighted by atomic mass is 9.88. The summed E-state index contributed by atoms with van der Waals surface area (Å²) >= 11 is 0. The third-order valence-corrected chi connectivity index (χ3v) is 1.82. The van der Waals surface area contributed by atoms with Crippen molar-refractivity contribution in [1.29, 1.82) is 0 Å². The molecule has 76 valence electrons. The van der Waals surface area contributed by atoms with Crippen LogP contribution >= 0.6 is 0 Å². The Balaban J connectivity index is 4.41. The average molecular weight is 182 g/mol. The molecule has 0 spiro atoms. The quantitative estimate of drug-likeness (QED) is 0.597. The van der Waals surface area contributed by atoms with Gasteiger partial charge in [-0.2, -0.15) is 0 Å². The first kappa shape index (κ1) is 12.3. The van der Waals surface area contributed by atoms with Crippen LogP contribution in [0.5, 0.6) is 0 Å². The van der Waals surface area contributed by atoms with Crippen LogP contribution in [-0.4, -0.2) is 23.5 Å². The highest BCUT2D eigenvalue weighted by Gasteiger charge is 2.26. The standard InChI is InChI=1S/C11H22N2/c1-7-12-10(3,4)9-11(5,6)13-8-2/h7-8H,9H2,1-6H3. The summed E-state index contributed by atoms with van der Waals surface area (Å²) in [5, 5.41) is 0. The smallest absolute Gasteiger partial charge is 0.0570 e. The first-order valence-corrected chi connectivity index (χ1v) is 4.83. The van der Waals surface area contributed by atoms with Crippen LogP contribution in [0.15, 0.2) is 9.98 Å². The monoisotopic (exact) mass is 182 g/mol. The highest BCUT2D eigenvalue weighted by molar-refractivity contribution is 5.55. The third-order valence-electron chi connectivity index (χ3n) is 1.82. The second-order valence-electron chi connectivity index (χ2n) is 4.58. The summed E-state index contributed by atoms with van der Waals surface area (Å²) in [6, 6.07) is 0. The molecule has 0 rings (SSSR count). The zero-order valence-electron chi connectivity index (χ0n) is 9.76. The van der Waals surface area contributed by atoms with E-state index in [2.05, 4.69) is 37.7 Å². The van der Waals surface area contributed by atoms with Crippen molar-refractivity contribution in [1.82, 2.24) is 0 Å². The maximum atomic E-state index is 4.43. The van der Waals surface area contributed by atoms with Gasteiger partial charge in [-0.05, 0) is 60.4 Å². The van der Waals surface area contributed by atoms with E-state index in [4.69, 9.17) is 0 Å². The van der Waals surface area contributed by atoms with Crippen molar-refractivity contribution in [3.63, 3.8) is 0 Å². The fraction of sp³-hybridized carbons (Fsp3) is 0.818. The topological polar surface area (TPSA) is 24.7 Å². The number of rotatable bonds is 4. The van der Waals surface area contributed by atoms with Gasteiger partial charge in [0.15, 0.2) is 0 Å². The molecule has 0 bridgehead atoms. The number of nitrogens with zero attached hydrogens (tertiary/aromatic N) is 2. The maximum absolute atomic E-state index is 4.43. The molecule has 13 heavy (non-hydrogen) atoms. The third kappa shape index (κ3) is 5.56. The van der Waals surface area contributed by atoms with Gasteiger partial charge in [0, 0.05) is 0 Å².